The van der Waals surface area contributed by atoms with Crippen LogP contribution in [0.2, 0.25) is 10.0 Å². The molecule has 0 saturated carbocycles. The van der Waals surface area contributed by atoms with Gasteiger partial charge < -0.3 is 9.80 Å². The van der Waals surface area contributed by atoms with Crippen molar-refractivity contribution in [2.24, 2.45) is 0 Å². The van der Waals surface area contributed by atoms with Crippen LogP contribution in [0.15, 0.2) is 78.2 Å². The monoisotopic (exact) mass is 524 g/mol. The Morgan fingerprint density at radius 1 is 0.857 bits per heavy atom. The molecule has 178 valence electrons. The standard InChI is InChI=1S/C25H22Cl2N6OS/c26-19-4-6-21(7-5-19)33-24(18-8-10-28-11-9-18)29-30-25(33)35-17-23(34)32-14-12-31(13-15-32)22-3-1-2-20(27)16-22/h1-11,16H,12-15,17H2. The second kappa shape index (κ2) is 10.7. The fourth-order valence-corrected chi connectivity index (χ4v) is 5.14. The lowest BCUT2D eigenvalue weighted by Crippen LogP contribution is -2.49. The van der Waals surface area contributed by atoms with Gasteiger partial charge in [-0.25, -0.2) is 0 Å². The van der Waals surface area contributed by atoms with Crippen molar-refractivity contribution < 1.29 is 4.79 Å². The summed E-state index contributed by atoms with van der Waals surface area (Å²) in [5.74, 6) is 1.04. The number of piperazine rings is 1. The van der Waals surface area contributed by atoms with Gasteiger partial charge in [0.25, 0.3) is 0 Å². The van der Waals surface area contributed by atoms with Crippen molar-refractivity contribution in [3.05, 3.63) is 83.1 Å². The molecule has 10 heteroatoms. The Balaban J connectivity index is 1.29. The van der Waals surface area contributed by atoms with E-state index in [1.807, 2.05) is 70.1 Å². The molecule has 0 unspecified atom stereocenters. The van der Waals surface area contributed by atoms with Gasteiger partial charge in [0.2, 0.25) is 5.91 Å². The molecule has 7 nitrogen and oxygen atoms in total. The van der Waals surface area contributed by atoms with Gasteiger partial charge in [-0.15, -0.1) is 10.2 Å². The van der Waals surface area contributed by atoms with E-state index in [0.717, 1.165) is 30.0 Å². The number of amides is 1. The van der Waals surface area contributed by atoms with E-state index in [1.54, 1.807) is 12.4 Å². The maximum Gasteiger partial charge on any atom is 0.233 e. The summed E-state index contributed by atoms with van der Waals surface area (Å²) in [7, 11) is 0. The van der Waals surface area contributed by atoms with Gasteiger partial charge in [0, 0.05) is 65.6 Å². The number of rotatable bonds is 6. The molecule has 0 spiro atoms. The third kappa shape index (κ3) is 5.45. The lowest BCUT2D eigenvalue weighted by molar-refractivity contribution is -0.128. The summed E-state index contributed by atoms with van der Waals surface area (Å²) in [6, 6.07) is 19.1. The molecule has 2 aromatic carbocycles. The van der Waals surface area contributed by atoms with Gasteiger partial charge in [0.1, 0.15) is 0 Å². The number of thioether (sulfide) groups is 1. The van der Waals surface area contributed by atoms with Crippen molar-refractivity contribution in [1.29, 1.82) is 0 Å². The summed E-state index contributed by atoms with van der Waals surface area (Å²) in [6.07, 6.45) is 3.44. The molecule has 0 atom stereocenters. The summed E-state index contributed by atoms with van der Waals surface area (Å²) < 4.78 is 1.95. The zero-order valence-corrected chi connectivity index (χ0v) is 21.0. The normalized spacial score (nSPS) is 13.8. The van der Waals surface area contributed by atoms with Gasteiger partial charge in [0.15, 0.2) is 11.0 Å². The van der Waals surface area contributed by atoms with Gasteiger partial charge in [-0.1, -0.05) is 41.0 Å². The molecule has 3 heterocycles. The molecule has 1 saturated heterocycles. The van der Waals surface area contributed by atoms with E-state index in [9.17, 15) is 4.79 Å². The summed E-state index contributed by atoms with van der Waals surface area (Å²) in [6.45, 7) is 2.86. The molecule has 0 bridgehead atoms. The number of hydrogen-bond acceptors (Lipinski definition) is 6. The molecule has 0 radical (unpaired) electrons. The molecule has 2 aromatic heterocycles. The average molecular weight is 525 g/mol. The second-order valence-corrected chi connectivity index (χ2v) is 9.81. The quantitative estimate of drug-likeness (QED) is 0.327. The maximum absolute atomic E-state index is 13.0. The van der Waals surface area contributed by atoms with E-state index in [4.69, 9.17) is 23.2 Å². The zero-order valence-electron chi connectivity index (χ0n) is 18.7. The minimum atomic E-state index is 0.0804. The molecule has 1 aliphatic heterocycles. The Kier molecular flexibility index (Phi) is 7.22. The van der Waals surface area contributed by atoms with Gasteiger partial charge in [0.05, 0.1) is 5.75 Å². The van der Waals surface area contributed by atoms with Crippen LogP contribution in [0, 0.1) is 0 Å². The number of hydrogen-bond donors (Lipinski definition) is 0. The Bertz CT molecular complexity index is 1310. The van der Waals surface area contributed by atoms with Crippen molar-refractivity contribution in [2.75, 3.05) is 36.8 Å². The van der Waals surface area contributed by atoms with Crippen molar-refractivity contribution in [1.82, 2.24) is 24.6 Å². The highest BCUT2D eigenvalue weighted by atomic mass is 35.5. The number of nitrogens with zero attached hydrogens (tertiary/aromatic N) is 6. The SMILES string of the molecule is O=C(CSc1nnc(-c2ccncc2)n1-c1ccc(Cl)cc1)N1CCN(c2cccc(Cl)c2)CC1. The van der Waals surface area contributed by atoms with E-state index in [-0.39, 0.29) is 11.7 Å². The van der Waals surface area contributed by atoms with Crippen LogP contribution in [-0.4, -0.2) is 62.5 Å². The van der Waals surface area contributed by atoms with Crippen molar-refractivity contribution >= 4 is 46.6 Å². The summed E-state index contributed by atoms with van der Waals surface area (Å²) in [4.78, 5) is 21.3. The van der Waals surface area contributed by atoms with Crippen LogP contribution in [0.3, 0.4) is 0 Å². The van der Waals surface area contributed by atoms with Gasteiger partial charge >= 0.3 is 0 Å². The molecule has 1 fully saturated rings. The largest absolute Gasteiger partial charge is 0.368 e. The highest BCUT2D eigenvalue weighted by Gasteiger charge is 2.23. The zero-order chi connectivity index (χ0) is 24.2. The Labute approximate surface area is 217 Å². The first kappa shape index (κ1) is 23.7. The number of carbonyl (C=O) groups is 1. The number of carbonyl (C=O) groups excluding carboxylic acids is 1. The number of aromatic nitrogens is 4. The Morgan fingerprint density at radius 3 is 2.31 bits per heavy atom. The molecule has 1 amide bonds. The molecule has 5 rings (SSSR count). The molecular weight excluding hydrogens is 503 g/mol. The second-order valence-electron chi connectivity index (χ2n) is 7.99. The lowest BCUT2D eigenvalue weighted by atomic mass is 10.2. The first-order chi connectivity index (χ1) is 17.1. The van der Waals surface area contributed by atoms with Crippen LogP contribution in [-0.2, 0) is 4.79 Å². The van der Waals surface area contributed by atoms with Crippen LogP contribution in [0.25, 0.3) is 17.1 Å². The molecule has 4 aromatic rings. The molecule has 35 heavy (non-hydrogen) atoms. The number of benzene rings is 2. The van der Waals surface area contributed by atoms with Crippen LogP contribution in [0.5, 0.6) is 0 Å². The number of halogens is 2. The molecule has 0 aliphatic carbocycles. The maximum atomic E-state index is 13.0. The van der Waals surface area contributed by atoms with E-state index >= 15 is 0 Å². The lowest BCUT2D eigenvalue weighted by Gasteiger charge is -2.36. The van der Waals surface area contributed by atoms with Crippen LogP contribution in [0.4, 0.5) is 5.69 Å². The van der Waals surface area contributed by atoms with E-state index in [1.165, 1.54) is 11.8 Å². The fourth-order valence-electron chi connectivity index (χ4n) is 3.98. The minimum Gasteiger partial charge on any atom is -0.368 e. The van der Waals surface area contributed by atoms with Gasteiger partial charge in [-0.2, -0.15) is 0 Å². The third-order valence-electron chi connectivity index (χ3n) is 5.79. The third-order valence-corrected chi connectivity index (χ3v) is 7.19. The summed E-state index contributed by atoms with van der Waals surface area (Å²) in [5.41, 5.74) is 2.84. The number of pyridine rings is 1. The molecule has 0 N–H and O–H groups in total. The highest BCUT2D eigenvalue weighted by molar-refractivity contribution is 7.99. The smallest absolute Gasteiger partial charge is 0.233 e. The van der Waals surface area contributed by atoms with Crippen molar-refractivity contribution in [3.63, 3.8) is 0 Å². The fraction of sp³-hybridized carbons (Fsp3) is 0.200. The Hall–Kier alpha value is -3.07. The average Bonchev–Trinajstić information content (AvgIpc) is 3.32. The van der Waals surface area contributed by atoms with E-state index in [2.05, 4.69) is 20.1 Å². The minimum absolute atomic E-state index is 0.0804. The molecule has 1 aliphatic rings. The Morgan fingerprint density at radius 2 is 1.60 bits per heavy atom. The molecular formula is C25H22Cl2N6OS. The van der Waals surface area contributed by atoms with Crippen LogP contribution < -0.4 is 4.90 Å². The van der Waals surface area contributed by atoms with Gasteiger partial charge in [-0.3, -0.25) is 14.3 Å². The number of anilines is 1. The van der Waals surface area contributed by atoms with Crippen LogP contribution >= 0.6 is 35.0 Å². The van der Waals surface area contributed by atoms with Crippen LogP contribution in [0.1, 0.15) is 0 Å². The first-order valence-corrected chi connectivity index (χ1v) is 12.9. The van der Waals surface area contributed by atoms with E-state index < -0.39 is 0 Å². The predicted octanol–water partition coefficient (Wildman–Crippen LogP) is 5.08. The summed E-state index contributed by atoms with van der Waals surface area (Å²) in [5, 5.41) is 10.8. The first-order valence-electron chi connectivity index (χ1n) is 11.1. The highest BCUT2D eigenvalue weighted by Crippen LogP contribution is 2.29. The van der Waals surface area contributed by atoms with Crippen molar-refractivity contribution in [2.45, 2.75) is 5.16 Å². The van der Waals surface area contributed by atoms with Crippen molar-refractivity contribution in [3.8, 4) is 17.1 Å². The summed E-state index contributed by atoms with van der Waals surface area (Å²) >= 11 is 13.6. The van der Waals surface area contributed by atoms with Gasteiger partial charge in [-0.05, 0) is 54.6 Å². The topological polar surface area (TPSA) is 67.2 Å². The predicted molar refractivity (Wildman–Crippen MR) is 141 cm³/mol. The van der Waals surface area contributed by atoms with E-state index in [0.29, 0.717) is 34.1 Å².